The van der Waals surface area contributed by atoms with E-state index in [2.05, 4.69) is 22.1 Å². The van der Waals surface area contributed by atoms with Crippen molar-refractivity contribution in [2.45, 2.75) is 4.95 Å². The van der Waals surface area contributed by atoms with E-state index in [1.54, 1.807) is 6.07 Å². The molecule has 2 rings (SSSR count). The summed E-state index contributed by atoms with van der Waals surface area (Å²) < 4.78 is 0. The van der Waals surface area contributed by atoms with E-state index in [4.69, 9.17) is 11.6 Å². The van der Waals surface area contributed by atoms with Crippen LogP contribution in [0.1, 0.15) is 10.5 Å². The van der Waals surface area contributed by atoms with E-state index in [1.807, 2.05) is 48.5 Å². The van der Waals surface area contributed by atoms with Gasteiger partial charge >= 0.3 is 0 Å². The summed E-state index contributed by atoms with van der Waals surface area (Å²) in [7, 11) is 0. The van der Waals surface area contributed by atoms with Crippen molar-refractivity contribution < 1.29 is 0 Å². The molecule has 2 aromatic rings. The number of nitriles is 1. The highest BCUT2D eigenvalue weighted by Gasteiger charge is 2.19. The molecule has 2 aromatic carbocycles. The number of rotatable bonds is 3. The zero-order chi connectivity index (χ0) is 13.0. The predicted octanol–water partition coefficient (Wildman–Crippen LogP) is 4.72. The standard InChI is InChI=1S/C14H10BrClN2/c15-14(11-6-2-1-3-7-11)18(10-17)13-9-5-4-8-12(13)16/h1-9,14H. The van der Waals surface area contributed by atoms with Gasteiger partial charge in [-0.25, -0.2) is 0 Å². The first-order chi connectivity index (χ1) is 8.74. The zero-order valence-electron chi connectivity index (χ0n) is 9.42. The number of hydrogen-bond donors (Lipinski definition) is 0. The molecule has 90 valence electrons. The molecule has 0 saturated carbocycles. The van der Waals surface area contributed by atoms with Crippen LogP contribution in [0, 0.1) is 11.5 Å². The van der Waals surface area contributed by atoms with Crippen LogP contribution in [-0.2, 0) is 0 Å². The van der Waals surface area contributed by atoms with Crippen LogP contribution >= 0.6 is 27.5 Å². The van der Waals surface area contributed by atoms with Crippen molar-refractivity contribution in [1.82, 2.24) is 0 Å². The summed E-state index contributed by atoms with van der Waals surface area (Å²) >= 11 is 9.64. The number of anilines is 1. The Morgan fingerprint density at radius 1 is 1.06 bits per heavy atom. The normalized spacial score (nSPS) is 11.6. The Morgan fingerprint density at radius 2 is 1.67 bits per heavy atom. The van der Waals surface area contributed by atoms with E-state index >= 15 is 0 Å². The summed E-state index contributed by atoms with van der Waals surface area (Å²) in [5, 5.41) is 9.88. The molecule has 0 spiro atoms. The lowest BCUT2D eigenvalue weighted by Gasteiger charge is -2.23. The van der Waals surface area contributed by atoms with Gasteiger partial charge in [-0.3, -0.25) is 4.90 Å². The van der Waals surface area contributed by atoms with Crippen molar-refractivity contribution in [2.75, 3.05) is 4.90 Å². The van der Waals surface area contributed by atoms with Crippen LogP contribution in [-0.4, -0.2) is 0 Å². The fourth-order valence-corrected chi connectivity index (χ4v) is 2.48. The van der Waals surface area contributed by atoms with E-state index in [-0.39, 0.29) is 4.95 Å². The second kappa shape index (κ2) is 5.90. The summed E-state index contributed by atoms with van der Waals surface area (Å²) in [6.45, 7) is 0. The molecule has 0 aromatic heterocycles. The lowest BCUT2D eigenvalue weighted by molar-refractivity contribution is 0.966. The van der Waals surface area contributed by atoms with Gasteiger partial charge in [0.25, 0.3) is 0 Å². The van der Waals surface area contributed by atoms with Crippen LogP contribution in [0.25, 0.3) is 0 Å². The van der Waals surface area contributed by atoms with E-state index in [0.717, 1.165) is 5.56 Å². The highest BCUT2D eigenvalue weighted by Crippen LogP contribution is 2.35. The molecule has 0 amide bonds. The molecule has 0 radical (unpaired) electrons. The van der Waals surface area contributed by atoms with Crippen LogP contribution in [0.5, 0.6) is 0 Å². The number of hydrogen-bond acceptors (Lipinski definition) is 2. The van der Waals surface area contributed by atoms with Gasteiger partial charge in [-0.05, 0) is 17.7 Å². The molecular formula is C14H10BrClN2. The van der Waals surface area contributed by atoms with Crippen LogP contribution in [0.3, 0.4) is 0 Å². The zero-order valence-corrected chi connectivity index (χ0v) is 11.8. The van der Waals surface area contributed by atoms with Gasteiger partial charge < -0.3 is 0 Å². The second-order valence-corrected chi connectivity index (χ2v) is 4.94. The maximum Gasteiger partial charge on any atom is 0.185 e. The monoisotopic (exact) mass is 320 g/mol. The lowest BCUT2D eigenvalue weighted by atomic mass is 10.2. The third-order valence-corrected chi connectivity index (χ3v) is 3.78. The average molecular weight is 322 g/mol. The van der Waals surface area contributed by atoms with Gasteiger partial charge in [0.1, 0.15) is 4.95 Å². The average Bonchev–Trinajstić information content (AvgIpc) is 2.42. The Bertz CT molecular complexity index is 566. The topological polar surface area (TPSA) is 27.0 Å². The summed E-state index contributed by atoms with van der Waals surface area (Å²) in [4.78, 5) is 1.31. The summed E-state index contributed by atoms with van der Waals surface area (Å²) in [5.41, 5.74) is 1.69. The molecule has 0 aliphatic heterocycles. The number of halogens is 2. The van der Waals surface area contributed by atoms with Crippen LogP contribution in [0.4, 0.5) is 5.69 Å². The number of benzene rings is 2. The van der Waals surface area contributed by atoms with Gasteiger partial charge in [-0.15, -0.1) is 0 Å². The van der Waals surface area contributed by atoms with Gasteiger partial charge in [0, 0.05) is 0 Å². The van der Waals surface area contributed by atoms with Crippen LogP contribution in [0.15, 0.2) is 54.6 Å². The van der Waals surface area contributed by atoms with Gasteiger partial charge in [0.05, 0.1) is 10.7 Å². The van der Waals surface area contributed by atoms with Crippen molar-refractivity contribution in [1.29, 1.82) is 5.26 Å². The maximum absolute atomic E-state index is 9.32. The first kappa shape index (κ1) is 12.9. The third-order valence-electron chi connectivity index (χ3n) is 2.52. The van der Waals surface area contributed by atoms with Crippen molar-refractivity contribution in [2.24, 2.45) is 0 Å². The molecule has 0 aliphatic rings. The van der Waals surface area contributed by atoms with Crippen molar-refractivity contribution in [3.63, 3.8) is 0 Å². The highest BCUT2D eigenvalue weighted by atomic mass is 79.9. The van der Waals surface area contributed by atoms with Crippen molar-refractivity contribution in [3.8, 4) is 6.19 Å². The number of para-hydroxylation sites is 1. The Balaban J connectivity index is 2.36. The Morgan fingerprint density at radius 3 is 2.28 bits per heavy atom. The largest absolute Gasteiger partial charge is 0.260 e. The summed E-state index contributed by atoms with van der Waals surface area (Å²) in [6, 6.07) is 17.0. The highest BCUT2D eigenvalue weighted by molar-refractivity contribution is 9.09. The van der Waals surface area contributed by atoms with E-state index in [0.29, 0.717) is 10.7 Å². The molecule has 1 atom stereocenters. The second-order valence-electron chi connectivity index (χ2n) is 3.67. The Kier molecular flexibility index (Phi) is 4.24. The van der Waals surface area contributed by atoms with Gasteiger partial charge in [0.15, 0.2) is 6.19 Å². The minimum Gasteiger partial charge on any atom is -0.260 e. The molecule has 0 bridgehead atoms. The molecule has 0 aliphatic carbocycles. The van der Waals surface area contributed by atoms with Crippen LogP contribution < -0.4 is 4.90 Å². The maximum atomic E-state index is 9.32. The van der Waals surface area contributed by atoms with E-state index in [9.17, 15) is 5.26 Å². The molecule has 0 heterocycles. The molecule has 2 nitrogen and oxygen atoms in total. The summed E-state index contributed by atoms with van der Waals surface area (Å²) in [5.74, 6) is 0. The molecule has 0 saturated heterocycles. The molecular weight excluding hydrogens is 312 g/mol. The van der Waals surface area contributed by atoms with E-state index < -0.39 is 0 Å². The first-order valence-corrected chi connectivity index (χ1v) is 6.66. The molecule has 18 heavy (non-hydrogen) atoms. The predicted molar refractivity (Wildman–Crippen MR) is 77.7 cm³/mol. The van der Waals surface area contributed by atoms with E-state index in [1.165, 1.54) is 4.90 Å². The number of alkyl halides is 1. The van der Waals surface area contributed by atoms with Gasteiger partial charge in [0.2, 0.25) is 0 Å². The van der Waals surface area contributed by atoms with Gasteiger partial charge in [-0.2, -0.15) is 5.26 Å². The smallest absolute Gasteiger partial charge is 0.185 e. The SMILES string of the molecule is N#CN(c1ccccc1Cl)C(Br)c1ccccc1. The molecule has 0 fully saturated rings. The van der Waals surface area contributed by atoms with Gasteiger partial charge in [-0.1, -0.05) is 70.0 Å². The lowest BCUT2D eigenvalue weighted by Crippen LogP contribution is -2.19. The van der Waals surface area contributed by atoms with Crippen LogP contribution in [0.2, 0.25) is 5.02 Å². The first-order valence-electron chi connectivity index (χ1n) is 5.36. The van der Waals surface area contributed by atoms with Crippen molar-refractivity contribution >= 4 is 33.2 Å². The third kappa shape index (κ3) is 2.66. The molecule has 1 unspecified atom stereocenters. The minimum absolute atomic E-state index is 0.233. The Labute approximate surface area is 120 Å². The van der Waals surface area contributed by atoms with Crippen molar-refractivity contribution in [3.05, 3.63) is 65.2 Å². The quantitative estimate of drug-likeness (QED) is 0.354. The molecule has 4 heteroatoms. The molecule has 0 N–H and O–H groups in total. The minimum atomic E-state index is -0.233. The summed E-state index contributed by atoms with van der Waals surface area (Å²) in [6.07, 6.45) is 2.16. The fraction of sp³-hybridized carbons (Fsp3) is 0.0714. The fourth-order valence-electron chi connectivity index (χ4n) is 1.63. The Hall–Kier alpha value is -1.50. The number of nitrogens with zero attached hydrogens (tertiary/aromatic N) is 2.